The van der Waals surface area contributed by atoms with Gasteiger partial charge in [0, 0.05) is 199 Å². The number of amides is 2. The topological polar surface area (TPSA) is 368 Å². The van der Waals surface area contributed by atoms with Crippen LogP contribution in [0.1, 0.15) is 76.3 Å². The van der Waals surface area contributed by atoms with Crippen LogP contribution in [0.5, 0.6) is 34.8 Å². The second kappa shape index (κ2) is 54.5. The summed E-state index contributed by atoms with van der Waals surface area (Å²) in [6, 6.07) is 42.4. The fourth-order valence-corrected chi connectivity index (χ4v) is 13.5. The number of ether oxygens (including phenoxy) is 9. The highest BCUT2D eigenvalue weighted by molar-refractivity contribution is 9.09. The Morgan fingerprint density at radius 2 is 0.976 bits per heavy atom. The molecule has 0 saturated carbocycles. The Hall–Kier alpha value is -11.9. The molecule has 15 rings (SSSR count). The van der Waals surface area contributed by atoms with Gasteiger partial charge in [0.15, 0.2) is 11.5 Å². The number of nitrogens with one attached hydrogen (secondary N) is 4. The second-order valence-corrected chi connectivity index (χ2v) is 28.4. The molecule has 0 bridgehead atoms. The van der Waals surface area contributed by atoms with Crippen LogP contribution in [0.15, 0.2) is 177 Å². The van der Waals surface area contributed by atoms with Crippen LogP contribution in [0.25, 0.3) is 0 Å². The fourth-order valence-electron chi connectivity index (χ4n) is 13.1. The quantitative estimate of drug-likeness (QED) is 0.00695. The van der Waals surface area contributed by atoms with E-state index in [1.807, 2.05) is 24.3 Å². The number of halogens is 2. The number of nitro groups is 2. The zero-order valence-corrected chi connectivity index (χ0v) is 71.3. The van der Waals surface area contributed by atoms with Crippen LogP contribution in [-0.2, 0) is 65.4 Å². The zero-order chi connectivity index (χ0) is 86.1. The molecule has 1 saturated heterocycles. The van der Waals surface area contributed by atoms with Crippen LogP contribution in [0.4, 0.5) is 74.2 Å². The normalized spacial score (nSPS) is 12.7. The summed E-state index contributed by atoms with van der Waals surface area (Å²) in [6.07, 6.45) is 14.0. The Balaban J connectivity index is 0.000000263. The van der Waals surface area contributed by atoms with Gasteiger partial charge in [-0.1, -0.05) is 70.4 Å². The van der Waals surface area contributed by atoms with Gasteiger partial charge in [0.25, 0.3) is 23.1 Å². The summed E-state index contributed by atoms with van der Waals surface area (Å²) in [7, 11) is 9.83. The first-order valence-electron chi connectivity index (χ1n) is 39.2. The maximum atomic E-state index is 11.6. The van der Waals surface area contributed by atoms with E-state index in [0.29, 0.717) is 46.9 Å². The van der Waals surface area contributed by atoms with Crippen molar-refractivity contribution >= 4 is 114 Å². The van der Waals surface area contributed by atoms with E-state index in [9.17, 15) is 29.8 Å². The third kappa shape index (κ3) is 32.5. The van der Waals surface area contributed by atoms with E-state index in [-0.39, 0.29) is 72.4 Å². The van der Waals surface area contributed by atoms with Gasteiger partial charge in [-0.3, -0.25) is 29.8 Å². The van der Waals surface area contributed by atoms with E-state index in [4.69, 9.17) is 61.0 Å². The number of nitrogens with zero attached hydrogens (tertiary/aromatic N) is 10. The number of alkyl halides is 1. The smallest absolute Gasteiger partial charge is 0.269 e. The Morgan fingerprint density at radius 3 is 1.41 bits per heavy atom. The minimum atomic E-state index is -0.362. The van der Waals surface area contributed by atoms with Gasteiger partial charge in [0.05, 0.1) is 62.9 Å². The number of carbonyl (C=O) groups is 2. The first kappa shape index (κ1) is 102. The zero-order valence-electron chi connectivity index (χ0n) is 69.0. The number of nitrogens with two attached hydrogens (primary N) is 2. The lowest BCUT2D eigenvalue weighted by Crippen LogP contribution is -2.24. The van der Waals surface area contributed by atoms with Crippen LogP contribution in [-0.4, -0.2) is 188 Å². The van der Waals surface area contributed by atoms with Crippen molar-refractivity contribution in [2.24, 2.45) is 0 Å². The molecule has 664 valence electrons. The van der Waals surface area contributed by atoms with Crippen molar-refractivity contribution in [1.29, 1.82) is 0 Å². The number of benzene rings is 7. The number of aromatic nitrogens is 4. The van der Waals surface area contributed by atoms with Crippen molar-refractivity contribution in [2.75, 3.05) is 199 Å². The largest absolute Gasteiger partial charge is 0.490 e. The lowest BCUT2D eigenvalue weighted by atomic mass is 10.1. The summed E-state index contributed by atoms with van der Waals surface area (Å²) >= 11 is 8.92. The third-order valence-corrected chi connectivity index (χ3v) is 19.5. The van der Waals surface area contributed by atoms with Gasteiger partial charge in [-0.2, -0.15) is 9.97 Å². The number of carbonyl (C=O) groups excluding carboxylic acids is 2. The number of fused-ring (bicyclic) bond motifs is 5. The highest BCUT2D eigenvalue weighted by Gasteiger charge is 2.25. The molecule has 1 fully saturated rings. The maximum Gasteiger partial charge on any atom is 0.269 e. The Kier molecular flexibility index (Phi) is 45.0. The summed E-state index contributed by atoms with van der Waals surface area (Å²) in [6.45, 7) is 22.9. The highest BCUT2D eigenvalue weighted by atomic mass is 79.9. The predicted molar refractivity (Wildman–Crippen MR) is 498 cm³/mol. The molecule has 0 spiro atoms. The maximum absolute atomic E-state index is 11.6. The van der Waals surface area contributed by atoms with Gasteiger partial charge >= 0.3 is 0 Å². The van der Waals surface area contributed by atoms with Gasteiger partial charge in [0.1, 0.15) is 11.5 Å². The minimum absolute atomic E-state index is 0. The molecule has 0 atom stereocenters. The molecule has 123 heavy (non-hydrogen) atoms. The molecule has 33 heteroatoms. The molecule has 31 nitrogen and oxygen atoms in total. The summed E-state index contributed by atoms with van der Waals surface area (Å²) in [5, 5.41) is 33.7. The Morgan fingerprint density at radius 1 is 0.545 bits per heavy atom. The van der Waals surface area contributed by atoms with Gasteiger partial charge in [-0.25, -0.2) is 9.97 Å². The number of anilines is 11. The van der Waals surface area contributed by atoms with Gasteiger partial charge in [0.2, 0.25) is 23.0 Å². The SMILES string of the molecule is C.C.C.C1CCOC1.C=CC(=O)Nc1cccc(Oc2nc(Cl)ncc2OC)c1.C=CC(=O)Nc1cccc(Oc2nc(Nc3ccc4c(c3)CCN4CCC)ncc2OC)c1.COCCBr.COCCN1CCc2cc(N)ccc21.COCCN1CCc2cc(N)ccc21.COCCN1CCc2cc([N+](=O)[O-])ccc21.O=[N+]([O-])c1ccc2c(c1)CCN2. The van der Waals surface area contributed by atoms with Gasteiger partial charge in [-0.05, 0) is 194 Å². The first-order valence-corrected chi connectivity index (χ1v) is 40.7. The molecule has 7 aromatic carbocycles. The van der Waals surface area contributed by atoms with E-state index < -0.39 is 0 Å². The average Bonchev–Trinajstić information content (AvgIpc) is 1.74. The van der Waals surface area contributed by atoms with Gasteiger partial charge < -0.3 is 95.0 Å². The lowest BCUT2D eigenvalue weighted by Gasteiger charge is -2.18. The number of hydrogen-bond donors (Lipinski definition) is 6. The third-order valence-electron chi connectivity index (χ3n) is 18.9. The number of rotatable bonds is 27. The summed E-state index contributed by atoms with van der Waals surface area (Å²) in [5.74, 6) is 1.93. The van der Waals surface area contributed by atoms with Crippen molar-refractivity contribution in [2.45, 2.75) is 80.6 Å². The molecule has 9 aromatic rings. The second-order valence-electron chi connectivity index (χ2n) is 27.2. The molecule has 2 aromatic heterocycles. The fraction of sp³-hybridized carbons (Fsp3) is 0.378. The molecule has 0 unspecified atom stereocenters. The van der Waals surface area contributed by atoms with Crippen molar-refractivity contribution in [3.8, 4) is 34.8 Å². The molecule has 6 aliphatic rings. The number of nitro benzene ring substituents is 2. The van der Waals surface area contributed by atoms with Crippen LogP contribution < -0.4 is 71.3 Å². The van der Waals surface area contributed by atoms with Crippen molar-refractivity contribution in [3.05, 3.63) is 231 Å². The van der Waals surface area contributed by atoms with E-state index in [0.717, 1.165) is 175 Å². The average molecular weight is 1780 g/mol. The predicted octanol–water partition coefficient (Wildman–Crippen LogP) is 17.4. The molecule has 6 aliphatic heterocycles. The van der Waals surface area contributed by atoms with Crippen molar-refractivity contribution in [1.82, 2.24) is 19.9 Å². The van der Waals surface area contributed by atoms with Crippen LogP contribution >= 0.6 is 27.5 Å². The van der Waals surface area contributed by atoms with E-state index in [1.54, 1.807) is 107 Å². The van der Waals surface area contributed by atoms with Crippen LogP contribution in [0, 0.1) is 20.2 Å². The Labute approximate surface area is 736 Å². The minimum Gasteiger partial charge on any atom is -0.490 e. The molecule has 0 aliphatic carbocycles. The van der Waals surface area contributed by atoms with Gasteiger partial charge in [-0.15, -0.1) is 0 Å². The summed E-state index contributed by atoms with van der Waals surface area (Å²) in [5.41, 5.74) is 27.8. The summed E-state index contributed by atoms with van der Waals surface area (Å²) < 4.78 is 46.8. The van der Waals surface area contributed by atoms with E-state index >= 15 is 0 Å². The van der Waals surface area contributed by atoms with Crippen molar-refractivity contribution in [3.63, 3.8) is 0 Å². The van der Waals surface area contributed by atoms with Crippen LogP contribution in [0.2, 0.25) is 5.28 Å². The molecular weight excluding hydrogens is 1660 g/mol. The van der Waals surface area contributed by atoms with Crippen LogP contribution in [0.3, 0.4) is 0 Å². The highest BCUT2D eigenvalue weighted by Crippen LogP contribution is 2.37. The standard InChI is InChI=1S/C25H27N5O3.C14H12ClN3O3.C11H14N2O3.2C11H16N2O.C8H8N2O2.C4H8O.C3H7BrO.3CH4/c1-4-12-30-13-11-17-14-19(9-10-21(17)30)28-25-26-16-22(32-3)24(29-25)33-20-8-6-7-18(15-20)27-23(31)5-2;1-3-12(19)17-9-5-4-6-10(7-9)21-13-11(20-2)8-16-14(15)18-13;1-16-7-6-12-5-4-9-8-10(13(14)15)2-3-11(9)12;2*1-14-7-6-13-5-4-9-8-10(12)2-3-11(9)13;11-10(12)7-1-2-8-6(5-7)3-4-9-8;1-2-4-5-3-1;1-5-3-2-4;;;/h5-10,14-16H,2,4,11-13H2,1,3H3,(H,27,31)(H,26,28,29);3-8H,1H2,2H3,(H,17,19);2-3,8H,4-7H2,1H3;2*2-3,8H,4-7,12H2,1H3;1-2,5,9H,3-4H2;1-4H2;2-3H2,1H3;3*1H4. The number of hydrogen-bond acceptors (Lipinski definition) is 27. The number of methoxy groups -OCH3 is 6. The van der Waals surface area contributed by atoms with E-state index in [1.165, 1.54) is 85.2 Å². The van der Waals surface area contributed by atoms with E-state index in [2.05, 4.69) is 138 Å². The molecular formula is C90H120BrClN16O15. The Bertz CT molecular complexity index is 4750. The molecule has 8 heterocycles. The molecule has 8 N–H and O–H groups in total. The molecule has 2 amide bonds. The first-order chi connectivity index (χ1) is 58.2. The monoisotopic (exact) mass is 1780 g/mol. The number of non-ortho nitro benzene ring substituents is 2. The molecule has 0 radical (unpaired) electrons. The van der Waals surface area contributed by atoms with Crippen molar-refractivity contribution < 1.29 is 62.1 Å². The lowest BCUT2D eigenvalue weighted by molar-refractivity contribution is -0.385. The number of nitrogen functional groups attached to an aromatic ring is 2. The summed E-state index contributed by atoms with van der Waals surface area (Å²) in [4.78, 5) is 69.0.